The van der Waals surface area contributed by atoms with Crippen molar-refractivity contribution in [2.75, 3.05) is 0 Å². The lowest BCUT2D eigenvalue weighted by molar-refractivity contribution is 0.996. The van der Waals surface area contributed by atoms with Gasteiger partial charge in [0, 0.05) is 49.4 Å². The maximum absolute atomic E-state index is 5.27. The molecule has 63 heavy (non-hydrogen) atoms. The molecule has 0 aliphatic heterocycles. The molecule has 0 saturated carbocycles. The third kappa shape index (κ3) is 5.53. The highest BCUT2D eigenvalue weighted by Crippen LogP contribution is 2.40. The summed E-state index contributed by atoms with van der Waals surface area (Å²) in [6, 6.07) is 70.8. The SMILES string of the molecule is c1ccc(-c2cc(-c3ccccc3)nc(-n3c4ccccc4c4ccc(-c5ccc6c(c5)c5ccccc5n6-c5ccc6c(c5)c5ncncc5n6-c5ccccc5)cc43)n2)cc1. The van der Waals surface area contributed by atoms with Crippen LogP contribution in [0.25, 0.3) is 117 Å². The van der Waals surface area contributed by atoms with Gasteiger partial charge in [-0.2, -0.15) is 0 Å². The summed E-state index contributed by atoms with van der Waals surface area (Å²) in [5.74, 6) is 0.632. The normalized spacial score (nSPS) is 11.8. The summed E-state index contributed by atoms with van der Waals surface area (Å²) in [7, 11) is 0. The second-order valence-electron chi connectivity index (χ2n) is 16.0. The van der Waals surface area contributed by atoms with Crippen molar-refractivity contribution in [3.8, 4) is 51.0 Å². The lowest BCUT2D eigenvalue weighted by atomic mass is 10.0. The van der Waals surface area contributed by atoms with E-state index < -0.39 is 0 Å². The largest absolute Gasteiger partial charge is 0.309 e. The molecule has 13 aromatic rings. The molecule has 13 rings (SSSR count). The zero-order valence-electron chi connectivity index (χ0n) is 33.8. The van der Waals surface area contributed by atoms with Crippen LogP contribution in [-0.4, -0.2) is 33.6 Å². The van der Waals surface area contributed by atoms with Gasteiger partial charge < -0.3 is 9.13 Å². The number of fused-ring (bicyclic) bond motifs is 9. The zero-order valence-corrected chi connectivity index (χ0v) is 33.8. The van der Waals surface area contributed by atoms with E-state index in [1.165, 1.54) is 10.8 Å². The van der Waals surface area contributed by atoms with Crippen molar-refractivity contribution in [3.05, 3.63) is 213 Å². The minimum absolute atomic E-state index is 0.632. The number of benzene rings is 8. The van der Waals surface area contributed by atoms with Gasteiger partial charge in [0.2, 0.25) is 5.95 Å². The van der Waals surface area contributed by atoms with Crippen LogP contribution in [0.5, 0.6) is 0 Å². The highest BCUT2D eigenvalue weighted by Gasteiger charge is 2.20. The first-order valence-electron chi connectivity index (χ1n) is 21.1. The van der Waals surface area contributed by atoms with Gasteiger partial charge in [-0.05, 0) is 77.9 Å². The lowest BCUT2D eigenvalue weighted by Crippen LogP contribution is -2.04. The maximum Gasteiger partial charge on any atom is 0.235 e. The molecule has 8 aromatic carbocycles. The number of nitrogens with zero attached hydrogens (tertiary/aromatic N) is 7. The Balaban J connectivity index is 0.990. The zero-order chi connectivity index (χ0) is 41.4. The number of rotatable bonds is 6. The molecule has 5 aromatic heterocycles. The van der Waals surface area contributed by atoms with Crippen LogP contribution in [0.2, 0.25) is 0 Å². The summed E-state index contributed by atoms with van der Waals surface area (Å²) in [5, 5.41) is 5.76. The van der Waals surface area contributed by atoms with E-state index in [-0.39, 0.29) is 0 Å². The van der Waals surface area contributed by atoms with Crippen LogP contribution >= 0.6 is 0 Å². The van der Waals surface area contributed by atoms with Crippen molar-refractivity contribution >= 4 is 65.5 Å². The third-order valence-corrected chi connectivity index (χ3v) is 12.4. The van der Waals surface area contributed by atoms with E-state index >= 15 is 0 Å². The van der Waals surface area contributed by atoms with Gasteiger partial charge in [-0.25, -0.2) is 19.9 Å². The van der Waals surface area contributed by atoms with Gasteiger partial charge >= 0.3 is 0 Å². The maximum atomic E-state index is 5.27. The molecule has 0 amide bonds. The van der Waals surface area contributed by atoms with Crippen LogP contribution in [0, 0.1) is 0 Å². The molecule has 0 unspecified atom stereocenters. The standard InChI is InChI=1S/C56H35N7/c1-4-14-36(15-5-1)47-33-48(37-16-6-2-7-17-37)60-56(59-47)63-50-23-13-10-20-42(50)44-27-24-39(31-53(44)63)38-25-28-51-45(30-38)43-21-11-12-22-49(43)62(51)41-26-29-52-46(32-41)55-54(34-57-35-58-55)61(52)40-18-8-3-9-19-40/h1-35H. The van der Waals surface area contributed by atoms with Crippen LogP contribution < -0.4 is 0 Å². The number of hydrogen-bond donors (Lipinski definition) is 0. The van der Waals surface area contributed by atoms with Crippen molar-refractivity contribution in [3.63, 3.8) is 0 Å². The molecule has 5 heterocycles. The number of para-hydroxylation sites is 3. The van der Waals surface area contributed by atoms with Gasteiger partial charge in [0.15, 0.2) is 0 Å². The summed E-state index contributed by atoms with van der Waals surface area (Å²) in [4.78, 5) is 19.8. The first kappa shape index (κ1) is 35.1. The molecule has 0 radical (unpaired) electrons. The molecule has 0 atom stereocenters. The highest BCUT2D eigenvalue weighted by atomic mass is 15.2. The van der Waals surface area contributed by atoms with E-state index in [0.717, 1.165) is 99.8 Å². The summed E-state index contributed by atoms with van der Waals surface area (Å²) in [6.07, 6.45) is 3.55. The van der Waals surface area contributed by atoms with Gasteiger partial charge in [0.1, 0.15) is 6.33 Å². The van der Waals surface area contributed by atoms with E-state index in [1.807, 2.05) is 24.4 Å². The molecule has 0 bridgehead atoms. The predicted molar refractivity (Wildman–Crippen MR) is 257 cm³/mol. The molecule has 7 nitrogen and oxygen atoms in total. The quantitative estimate of drug-likeness (QED) is 0.168. The summed E-state index contributed by atoms with van der Waals surface area (Å²) in [6.45, 7) is 0. The van der Waals surface area contributed by atoms with Gasteiger partial charge in [0.25, 0.3) is 0 Å². The summed E-state index contributed by atoms with van der Waals surface area (Å²) < 4.78 is 6.85. The average molecular weight is 806 g/mol. The van der Waals surface area contributed by atoms with E-state index in [1.54, 1.807) is 6.33 Å². The van der Waals surface area contributed by atoms with E-state index in [9.17, 15) is 0 Å². The van der Waals surface area contributed by atoms with Crippen molar-refractivity contribution in [2.24, 2.45) is 0 Å². The first-order chi connectivity index (χ1) is 31.2. The fraction of sp³-hybridized carbons (Fsp3) is 0. The molecule has 0 aliphatic rings. The molecular weight excluding hydrogens is 771 g/mol. The number of aromatic nitrogens is 7. The summed E-state index contributed by atoms with van der Waals surface area (Å²) >= 11 is 0. The molecule has 7 heteroatoms. The molecule has 0 aliphatic carbocycles. The highest BCUT2D eigenvalue weighted by molar-refractivity contribution is 6.13. The van der Waals surface area contributed by atoms with Gasteiger partial charge in [-0.15, -0.1) is 0 Å². The first-order valence-corrected chi connectivity index (χ1v) is 21.1. The monoisotopic (exact) mass is 805 g/mol. The Hall–Kier alpha value is -8.68. The van der Waals surface area contributed by atoms with Crippen LogP contribution in [0.1, 0.15) is 0 Å². The Labute approximate surface area is 361 Å². The molecule has 0 saturated heterocycles. The Morgan fingerprint density at radius 2 is 0.857 bits per heavy atom. The summed E-state index contributed by atoms with van der Waals surface area (Å²) in [5.41, 5.74) is 15.6. The predicted octanol–water partition coefficient (Wildman–Crippen LogP) is 13.6. The molecule has 294 valence electrons. The fourth-order valence-electron chi connectivity index (χ4n) is 9.57. The van der Waals surface area contributed by atoms with Crippen molar-refractivity contribution in [2.45, 2.75) is 0 Å². The minimum atomic E-state index is 0.632. The Kier molecular flexibility index (Phi) is 7.77. The van der Waals surface area contributed by atoms with E-state index in [4.69, 9.17) is 15.0 Å². The van der Waals surface area contributed by atoms with Crippen LogP contribution in [0.15, 0.2) is 213 Å². The van der Waals surface area contributed by atoms with Crippen LogP contribution in [-0.2, 0) is 0 Å². The molecule has 0 fully saturated rings. The molecule has 0 spiro atoms. The Morgan fingerprint density at radius 1 is 0.317 bits per heavy atom. The van der Waals surface area contributed by atoms with Gasteiger partial charge in [-0.3, -0.25) is 4.57 Å². The Bertz CT molecular complexity index is 3840. The second kappa shape index (κ2) is 13.9. The van der Waals surface area contributed by atoms with Crippen molar-refractivity contribution < 1.29 is 0 Å². The minimum Gasteiger partial charge on any atom is -0.309 e. The molecular formula is C56H35N7. The molecule has 0 N–H and O–H groups in total. The van der Waals surface area contributed by atoms with Crippen LogP contribution in [0.3, 0.4) is 0 Å². The van der Waals surface area contributed by atoms with Crippen molar-refractivity contribution in [1.82, 2.24) is 33.6 Å². The Morgan fingerprint density at radius 3 is 1.59 bits per heavy atom. The average Bonchev–Trinajstić information content (AvgIpc) is 3.99. The van der Waals surface area contributed by atoms with Gasteiger partial charge in [-0.1, -0.05) is 133 Å². The lowest BCUT2D eigenvalue weighted by Gasteiger charge is -2.12. The smallest absolute Gasteiger partial charge is 0.235 e. The van der Waals surface area contributed by atoms with E-state index in [2.05, 4.69) is 201 Å². The topological polar surface area (TPSA) is 66.3 Å². The number of hydrogen-bond acceptors (Lipinski definition) is 4. The van der Waals surface area contributed by atoms with Crippen LogP contribution in [0.4, 0.5) is 0 Å². The third-order valence-electron chi connectivity index (χ3n) is 12.4. The van der Waals surface area contributed by atoms with E-state index in [0.29, 0.717) is 5.95 Å². The van der Waals surface area contributed by atoms with Gasteiger partial charge in [0.05, 0.1) is 56.2 Å². The van der Waals surface area contributed by atoms with Crippen molar-refractivity contribution in [1.29, 1.82) is 0 Å². The fourth-order valence-corrected chi connectivity index (χ4v) is 9.57. The second-order valence-corrected chi connectivity index (χ2v) is 16.0.